The molecule has 2 aromatic rings. The summed E-state index contributed by atoms with van der Waals surface area (Å²) in [5, 5.41) is 1.92. The molecule has 0 bridgehead atoms. The second-order valence-electron chi connectivity index (χ2n) is 6.11. The molecule has 2 nitrogen and oxygen atoms in total. The summed E-state index contributed by atoms with van der Waals surface area (Å²) in [6, 6.07) is 9.19. The van der Waals surface area contributed by atoms with E-state index in [1.807, 2.05) is 18.2 Å². The number of ether oxygens (including phenoxy) is 1. The maximum absolute atomic E-state index is 12.7. The second kappa shape index (κ2) is 6.90. The number of hydrogen-bond donors (Lipinski definition) is 0. The Hall–Kier alpha value is -1.31. The van der Waals surface area contributed by atoms with Gasteiger partial charge in [0, 0.05) is 5.56 Å². The quantitative estimate of drug-likeness (QED) is 0.441. The third-order valence-electron chi connectivity index (χ3n) is 4.51. The van der Waals surface area contributed by atoms with E-state index in [1.165, 1.54) is 0 Å². The fraction of sp³-hybridized carbons (Fsp3) is 0.389. The maximum Gasteiger partial charge on any atom is 0.391 e. The van der Waals surface area contributed by atoms with Gasteiger partial charge in [0.2, 0.25) is 0 Å². The number of rotatable bonds is 3. The Labute approximate surface area is 151 Å². The normalized spacial score (nSPS) is 21.7. The van der Waals surface area contributed by atoms with Crippen LogP contribution in [0.1, 0.15) is 36.0 Å². The number of carbonyl (C=O) groups is 1. The predicted octanol–water partition coefficient (Wildman–Crippen LogP) is 5.76. The number of hydrogen-bond acceptors (Lipinski definition) is 2. The fourth-order valence-corrected chi connectivity index (χ4v) is 3.91. The lowest BCUT2D eigenvalue weighted by Crippen LogP contribution is -2.32. The second-order valence-corrected chi connectivity index (χ2v) is 7.19. The van der Waals surface area contributed by atoms with E-state index < -0.39 is 12.1 Å². The molecular formula is C18H16F3IO2. The van der Waals surface area contributed by atoms with Gasteiger partial charge in [-0.2, -0.15) is 13.2 Å². The average molecular weight is 448 g/mol. The van der Waals surface area contributed by atoms with E-state index in [-0.39, 0.29) is 18.9 Å². The molecule has 0 atom stereocenters. The van der Waals surface area contributed by atoms with Crippen molar-refractivity contribution in [3.05, 3.63) is 39.5 Å². The molecule has 128 valence electrons. The van der Waals surface area contributed by atoms with Crippen LogP contribution in [0.5, 0.6) is 5.75 Å². The first-order valence-corrected chi connectivity index (χ1v) is 8.87. The summed E-state index contributed by atoms with van der Waals surface area (Å²) in [4.78, 5) is 10.9. The van der Waals surface area contributed by atoms with Gasteiger partial charge in [0.15, 0.2) is 0 Å². The zero-order valence-corrected chi connectivity index (χ0v) is 14.9. The van der Waals surface area contributed by atoms with Crippen LogP contribution in [0.4, 0.5) is 13.2 Å². The van der Waals surface area contributed by atoms with Gasteiger partial charge in [-0.1, -0.05) is 18.2 Å². The number of carbonyl (C=O) groups excluding carboxylic acids is 1. The van der Waals surface area contributed by atoms with Crippen molar-refractivity contribution in [2.24, 2.45) is 5.92 Å². The van der Waals surface area contributed by atoms with Crippen LogP contribution in [-0.2, 0) is 0 Å². The van der Waals surface area contributed by atoms with Crippen LogP contribution in [0.3, 0.4) is 0 Å². The molecule has 1 fully saturated rings. The first kappa shape index (κ1) is 17.5. The third-order valence-corrected chi connectivity index (χ3v) is 5.62. The topological polar surface area (TPSA) is 26.3 Å². The molecule has 0 aromatic heterocycles. The third kappa shape index (κ3) is 3.68. The number of halogens is 4. The molecule has 1 saturated carbocycles. The van der Waals surface area contributed by atoms with Crippen LogP contribution in [0.15, 0.2) is 30.3 Å². The van der Waals surface area contributed by atoms with Gasteiger partial charge in [-0.05, 0) is 71.2 Å². The van der Waals surface area contributed by atoms with Crippen LogP contribution in [0, 0.1) is 9.49 Å². The van der Waals surface area contributed by atoms with E-state index >= 15 is 0 Å². The van der Waals surface area contributed by atoms with Gasteiger partial charge in [-0.25, -0.2) is 0 Å². The Bertz CT molecular complexity index is 750. The Balaban J connectivity index is 1.76. The molecule has 0 N–H and O–H groups in total. The van der Waals surface area contributed by atoms with Crippen LogP contribution in [0.25, 0.3) is 10.8 Å². The first-order valence-electron chi connectivity index (χ1n) is 7.79. The van der Waals surface area contributed by atoms with Crippen molar-refractivity contribution in [2.75, 3.05) is 0 Å². The molecule has 0 heterocycles. The molecule has 2 aromatic carbocycles. The van der Waals surface area contributed by atoms with Gasteiger partial charge in [0.25, 0.3) is 0 Å². The minimum absolute atomic E-state index is 0.119. The summed E-state index contributed by atoms with van der Waals surface area (Å²) >= 11 is 2.16. The van der Waals surface area contributed by atoms with Crippen molar-refractivity contribution >= 4 is 39.6 Å². The van der Waals surface area contributed by atoms with Crippen LogP contribution >= 0.6 is 22.6 Å². The summed E-state index contributed by atoms with van der Waals surface area (Å²) in [5.74, 6) is -0.537. The Morgan fingerprint density at radius 2 is 1.75 bits per heavy atom. The van der Waals surface area contributed by atoms with E-state index in [4.69, 9.17) is 4.74 Å². The lowest BCUT2D eigenvalue weighted by Gasteiger charge is -2.30. The van der Waals surface area contributed by atoms with Crippen LogP contribution < -0.4 is 4.74 Å². The monoisotopic (exact) mass is 448 g/mol. The highest BCUT2D eigenvalue weighted by molar-refractivity contribution is 14.1. The van der Waals surface area contributed by atoms with E-state index in [0.29, 0.717) is 24.2 Å². The SMILES string of the molecule is O=Cc1ccc2ccc(O[C@H]3CC[C@@H](C(F)(F)F)CC3)c(I)c2c1. The van der Waals surface area contributed by atoms with Gasteiger partial charge in [-0.15, -0.1) is 0 Å². The molecule has 0 aliphatic heterocycles. The molecule has 0 unspecified atom stereocenters. The number of aldehydes is 1. The Morgan fingerprint density at radius 1 is 1.08 bits per heavy atom. The minimum Gasteiger partial charge on any atom is -0.489 e. The molecule has 0 spiro atoms. The van der Waals surface area contributed by atoms with E-state index in [1.54, 1.807) is 12.1 Å². The minimum atomic E-state index is -4.10. The average Bonchev–Trinajstić information content (AvgIpc) is 2.57. The smallest absolute Gasteiger partial charge is 0.391 e. The zero-order chi connectivity index (χ0) is 17.3. The molecule has 1 aliphatic carbocycles. The number of benzene rings is 2. The van der Waals surface area contributed by atoms with Crippen LogP contribution in [-0.4, -0.2) is 18.6 Å². The van der Waals surface area contributed by atoms with Crippen molar-refractivity contribution in [3.63, 3.8) is 0 Å². The van der Waals surface area contributed by atoms with E-state index in [0.717, 1.165) is 20.6 Å². The highest BCUT2D eigenvalue weighted by Gasteiger charge is 2.41. The Morgan fingerprint density at radius 3 is 2.38 bits per heavy atom. The van der Waals surface area contributed by atoms with Crippen molar-refractivity contribution in [1.82, 2.24) is 0 Å². The summed E-state index contributed by atoms with van der Waals surface area (Å²) in [6.45, 7) is 0. The van der Waals surface area contributed by atoms with Gasteiger partial charge in [0.1, 0.15) is 12.0 Å². The molecule has 0 radical (unpaired) electrons. The molecule has 0 amide bonds. The summed E-state index contributed by atoms with van der Waals surface area (Å²) in [5.41, 5.74) is 0.586. The standard InChI is InChI=1S/C18H16F3IO2/c19-18(20,21)13-4-6-14(7-5-13)24-16-8-3-12-2-1-11(10-23)9-15(12)17(16)22/h1-3,8-10,13-14H,4-7H2/t13-,14+. The largest absolute Gasteiger partial charge is 0.489 e. The summed E-state index contributed by atoms with van der Waals surface area (Å²) < 4.78 is 45.1. The van der Waals surface area contributed by atoms with Crippen molar-refractivity contribution in [1.29, 1.82) is 0 Å². The predicted molar refractivity (Wildman–Crippen MR) is 94.5 cm³/mol. The van der Waals surface area contributed by atoms with Gasteiger partial charge >= 0.3 is 6.18 Å². The van der Waals surface area contributed by atoms with Crippen LogP contribution in [0.2, 0.25) is 0 Å². The molecule has 0 saturated heterocycles. The summed E-state index contributed by atoms with van der Waals surface area (Å²) in [6.07, 6.45) is -2.45. The van der Waals surface area contributed by atoms with Crippen molar-refractivity contribution < 1.29 is 22.7 Å². The number of alkyl halides is 3. The lowest BCUT2D eigenvalue weighted by atomic mass is 9.87. The van der Waals surface area contributed by atoms with Gasteiger partial charge in [-0.3, -0.25) is 4.79 Å². The Kier molecular flexibility index (Phi) is 5.03. The highest BCUT2D eigenvalue weighted by Crippen LogP contribution is 2.39. The zero-order valence-electron chi connectivity index (χ0n) is 12.8. The number of fused-ring (bicyclic) bond motifs is 1. The van der Waals surface area contributed by atoms with E-state index in [2.05, 4.69) is 22.6 Å². The van der Waals surface area contributed by atoms with Crippen molar-refractivity contribution in [3.8, 4) is 5.75 Å². The maximum atomic E-state index is 12.7. The molecule has 3 rings (SSSR count). The molecule has 1 aliphatic rings. The van der Waals surface area contributed by atoms with E-state index in [9.17, 15) is 18.0 Å². The van der Waals surface area contributed by atoms with Gasteiger partial charge in [0.05, 0.1) is 15.6 Å². The molecule has 6 heteroatoms. The lowest BCUT2D eigenvalue weighted by molar-refractivity contribution is -0.185. The molecule has 24 heavy (non-hydrogen) atoms. The highest BCUT2D eigenvalue weighted by atomic mass is 127. The summed E-state index contributed by atoms with van der Waals surface area (Å²) in [7, 11) is 0. The van der Waals surface area contributed by atoms with Crippen molar-refractivity contribution in [2.45, 2.75) is 38.0 Å². The molecular weight excluding hydrogens is 432 g/mol. The van der Waals surface area contributed by atoms with Gasteiger partial charge < -0.3 is 4.74 Å². The first-order chi connectivity index (χ1) is 11.4. The fourth-order valence-electron chi connectivity index (χ4n) is 3.13.